The van der Waals surface area contributed by atoms with Gasteiger partial charge in [-0.25, -0.2) is 0 Å². The Kier molecular flexibility index (Phi) is 8.02. The number of piperidine rings is 1. The zero-order valence-electron chi connectivity index (χ0n) is 12.3. The van der Waals surface area contributed by atoms with Gasteiger partial charge in [-0.05, 0) is 32.7 Å². The lowest BCUT2D eigenvalue weighted by Crippen LogP contribution is -2.43. The molecular formula is C14H28N2O3. The van der Waals surface area contributed by atoms with Crippen molar-refractivity contribution in [2.45, 2.75) is 39.2 Å². The van der Waals surface area contributed by atoms with E-state index in [1.54, 1.807) is 0 Å². The first-order valence-corrected chi connectivity index (χ1v) is 7.37. The fraction of sp³-hybridized carbons (Fsp3) is 0.929. The number of hydrogen-bond acceptors (Lipinski definition) is 4. The van der Waals surface area contributed by atoms with Crippen LogP contribution in [0.15, 0.2) is 0 Å². The van der Waals surface area contributed by atoms with Crippen LogP contribution in [0, 0.1) is 5.92 Å². The van der Waals surface area contributed by atoms with Gasteiger partial charge in [-0.1, -0.05) is 6.92 Å². The van der Waals surface area contributed by atoms with E-state index in [4.69, 9.17) is 15.2 Å². The molecule has 2 N–H and O–H groups in total. The van der Waals surface area contributed by atoms with Gasteiger partial charge < -0.3 is 20.1 Å². The summed E-state index contributed by atoms with van der Waals surface area (Å²) in [6, 6.07) is 0. The van der Waals surface area contributed by atoms with Gasteiger partial charge in [0.05, 0.1) is 19.3 Å². The Morgan fingerprint density at radius 3 is 2.63 bits per heavy atom. The largest absolute Gasteiger partial charge is 0.379 e. The predicted octanol–water partition coefficient (Wildman–Crippen LogP) is 1.02. The van der Waals surface area contributed by atoms with Crippen LogP contribution in [-0.2, 0) is 14.3 Å². The highest BCUT2D eigenvalue weighted by Gasteiger charge is 2.25. The Balaban J connectivity index is 2.19. The highest BCUT2D eigenvalue weighted by atomic mass is 16.5. The smallest absolute Gasteiger partial charge is 0.225 e. The van der Waals surface area contributed by atoms with E-state index in [2.05, 4.69) is 0 Å². The van der Waals surface area contributed by atoms with Gasteiger partial charge in [0.25, 0.3) is 0 Å². The minimum atomic E-state index is 0.0421. The fourth-order valence-corrected chi connectivity index (χ4v) is 2.35. The van der Waals surface area contributed by atoms with Crippen LogP contribution in [0.25, 0.3) is 0 Å². The van der Waals surface area contributed by atoms with E-state index in [0.717, 1.165) is 39.0 Å². The molecule has 1 saturated heterocycles. The average molecular weight is 272 g/mol. The van der Waals surface area contributed by atoms with Crippen molar-refractivity contribution in [1.29, 1.82) is 0 Å². The fourth-order valence-electron chi connectivity index (χ4n) is 2.35. The van der Waals surface area contributed by atoms with Crippen LogP contribution in [-0.4, -0.2) is 56.4 Å². The Morgan fingerprint density at radius 2 is 2.05 bits per heavy atom. The first-order chi connectivity index (χ1) is 9.19. The molecule has 0 spiro atoms. The summed E-state index contributed by atoms with van der Waals surface area (Å²) in [6.45, 7) is 8.14. The molecule has 1 amide bonds. The van der Waals surface area contributed by atoms with Crippen molar-refractivity contribution in [3.8, 4) is 0 Å². The molecule has 1 heterocycles. The number of rotatable bonds is 8. The second-order valence-electron chi connectivity index (χ2n) is 5.07. The molecule has 0 saturated carbocycles. The van der Waals surface area contributed by atoms with Crippen LogP contribution in [0.5, 0.6) is 0 Å². The molecule has 1 aliphatic rings. The van der Waals surface area contributed by atoms with Gasteiger partial charge >= 0.3 is 0 Å². The number of carbonyl (C=O) groups is 1. The Morgan fingerprint density at radius 1 is 1.37 bits per heavy atom. The van der Waals surface area contributed by atoms with Crippen molar-refractivity contribution in [2.75, 3.05) is 39.5 Å². The third-order valence-electron chi connectivity index (χ3n) is 3.56. The first kappa shape index (κ1) is 16.4. The number of ether oxygens (including phenoxy) is 2. The minimum Gasteiger partial charge on any atom is -0.379 e. The number of carbonyl (C=O) groups excluding carboxylic acids is 1. The van der Waals surface area contributed by atoms with Crippen LogP contribution in [0.2, 0.25) is 0 Å². The standard InChI is InChI=1S/C14H28N2O3/c1-3-18-10-11-19-13-5-8-16(9-6-13)14(17)12(2)4-7-15/h12-13H,3-11,15H2,1-2H3. The van der Waals surface area contributed by atoms with Crippen LogP contribution < -0.4 is 5.73 Å². The molecule has 112 valence electrons. The van der Waals surface area contributed by atoms with Crippen LogP contribution in [0.1, 0.15) is 33.1 Å². The predicted molar refractivity (Wildman–Crippen MR) is 74.9 cm³/mol. The summed E-state index contributed by atoms with van der Waals surface area (Å²) in [5.41, 5.74) is 5.50. The Labute approximate surface area is 116 Å². The summed E-state index contributed by atoms with van der Waals surface area (Å²) in [4.78, 5) is 14.1. The van der Waals surface area contributed by atoms with Gasteiger partial charge in [-0.2, -0.15) is 0 Å². The summed E-state index contributed by atoms with van der Waals surface area (Å²) in [7, 11) is 0. The minimum absolute atomic E-state index is 0.0421. The maximum Gasteiger partial charge on any atom is 0.225 e. The molecule has 1 fully saturated rings. The van der Waals surface area contributed by atoms with E-state index in [0.29, 0.717) is 19.8 Å². The molecule has 0 aromatic carbocycles. The number of amides is 1. The average Bonchev–Trinajstić information content (AvgIpc) is 2.44. The van der Waals surface area contributed by atoms with E-state index in [1.807, 2.05) is 18.7 Å². The van der Waals surface area contributed by atoms with Crippen LogP contribution >= 0.6 is 0 Å². The summed E-state index contributed by atoms with van der Waals surface area (Å²) in [5.74, 6) is 0.277. The van der Waals surface area contributed by atoms with Gasteiger partial charge in [0, 0.05) is 25.6 Å². The van der Waals surface area contributed by atoms with Crippen molar-refractivity contribution < 1.29 is 14.3 Å². The highest BCUT2D eigenvalue weighted by Crippen LogP contribution is 2.16. The summed E-state index contributed by atoms with van der Waals surface area (Å²) < 4.78 is 11.0. The third-order valence-corrected chi connectivity index (χ3v) is 3.56. The van der Waals surface area contributed by atoms with E-state index >= 15 is 0 Å². The Hall–Kier alpha value is -0.650. The van der Waals surface area contributed by atoms with Gasteiger partial charge in [0.2, 0.25) is 5.91 Å². The maximum atomic E-state index is 12.1. The third kappa shape index (κ3) is 5.89. The molecular weight excluding hydrogens is 244 g/mol. The van der Waals surface area contributed by atoms with Crippen molar-refractivity contribution in [3.05, 3.63) is 0 Å². The van der Waals surface area contributed by atoms with Gasteiger partial charge in [0.15, 0.2) is 0 Å². The van der Waals surface area contributed by atoms with Crippen LogP contribution in [0.3, 0.4) is 0 Å². The van der Waals surface area contributed by atoms with Crippen molar-refractivity contribution in [3.63, 3.8) is 0 Å². The van der Waals surface area contributed by atoms with Gasteiger partial charge in [-0.3, -0.25) is 4.79 Å². The molecule has 0 radical (unpaired) electrons. The summed E-state index contributed by atoms with van der Waals surface area (Å²) >= 11 is 0. The molecule has 19 heavy (non-hydrogen) atoms. The SMILES string of the molecule is CCOCCOC1CCN(C(=O)C(C)CCN)CC1. The highest BCUT2D eigenvalue weighted by molar-refractivity contribution is 5.78. The van der Waals surface area contributed by atoms with E-state index < -0.39 is 0 Å². The van der Waals surface area contributed by atoms with Crippen molar-refractivity contribution in [1.82, 2.24) is 4.90 Å². The Bertz CT molecular complexity index is 253. The maximum absolute atomic E-state index is 12.1. The lowest BCUT2D eigenvalue weighted by Gasteiger charge is -2.33. The normalized spacial score (nSPS) is 18.6. The quantitative estimate of drug-likeness (QED) is 0.670. The topological polar surface area (TPSA) is 64.8 Å². The first-order valence-electron chi connectivity index (χ1n) is 7.37. The van der Waals surface area contributed by atoms with E-state index in [1.165, 1.54) is 0 Å². The second kappa shape index (κ2) is 9.28. The molecule has 1 unspecified atom stereocenters. The molecule has 1 atom stereocenters. The summed E-state index contributed by atoms with van der Waals surface area (Å²) in [6.07, 6.45) is 2.89. The molecule has 5 heteroatoms. The lowest BCUT2D eigenvalue weighted by molar-refractivity contribution is -0.138. The molecule has 1 rings (SSSR count). The second-order valence-corrected chi connectivity index (χ2v) is 5.07. The molecule has 0 aromatic rings. The zero-order chi connectivity index (χ0) is 14.1. The lowest BCUT2D eigenvalue weighted by atomic mass is 10.0. The van der Waals surface area contributed by atoms with E-state index in [-0.39, 0.29) is 17.9 Å². The van der Waals surface area contributed by atoms with Gasteiger partial charge in [-0.15, -0.1) is 0 Å². The number of nitrogens with zero attached hydrogens (tertiary/aromatic N) is 1. The molecule has 5 nitrogen and oxygen atoms in total. The summed E-state index contributed by atoms with van der Waals surface area (Å²) in [5, 5.41) is 0. The number of likely N-dealkylation sites (tertiary alicyclic amines) is 1. The zero-order valence-corrected chi connectivity index (χ0v) is 12.3. The monoisotopic (exact) mass is 272 g/mol. The number of hydrogen-bond donors (Lipinski definition) is 1. The molecule has 0 bridgehead atoms. The molecule has 0 aromatic heterocycles. The van der Waals surface area contributed by atoms with Crippen molar-refractivity contribution in [2.24, 2.45) is 11.7 Å². The van der Waals surface area contributed by atoms with E-state index in [9.17, 15) is 4.79 Å². The molecule has 0 aliphatic carbocycles. The van der Waals surface area contributed by atoms with Crippen LogP contribution in [0.4, 0.5) is 0 Å². The number of nitrogens with two attached hydrogens (primary N) is 1. The van der Waals surface area contributed by atoms with Crippen molar-refractivity contribution >= 4 is 5.91 Å². The van der Waals surface area contributed by atoms with Gasteiger partial charge in [0.1, 0.15) is 0 Å². The molecule has 1 aliphatic heterocycles.